The Morgan fingerprint density at radius 2 is 2.10 bits per heavy atom. The van der Waals surface area contributed by atoms with Gasteiger partial charge in [-0.15, -0.1) is 0 Å². The SMILES string of the molecule is COC(=O)[C@@]1(NC(C)=O)N=NC[C@@H]1[C@@H]1COC(C)(C)O1. The van der Waals surface area contributed by atoms with E-state index in [-0.39, 0.29) is 12.5 Å². The van der Waals surface area contributed by atoms with E-state index < -0.39 is 29.4 Å². The third-order valence-electron chi connectivity index (χ3n) is 3.39. The van der Waals surface area contributed by atoms with Crippen molar-refractivity contribution in [2.24, 2.45) is 16.1 Å². The predicted molar refractivity (Wildman–Crippen MR) is 66.7 cm³/mol. The molecular formula is C12H19N3O5. The molecule has 8 heteroatoms. The Balaban J connectivity index is 2.27. The fourth-order valence-electron chi connectivity index (χ4n) is 2.53. The number of hydrogen-bond acceptors (Lipinski definition) is 7. The van der Waals surface area contributed by atoms with Crippen LogP contribution >= 0.6 is 0 Å². The van der Waals surface area contributed by atoms with E-state index in [1.807, 2.05) is 0 Å². The highest BCUT2D eigenvalue weighted by Crippen LogP contribution is 2.37. The largest absolute Gasteiger partial charge is 0.466 e. The summed E-state index contributed by atoms with van der Waals surface area (Å²) in [7, 11) is 1.24. The van der Waals surface area contributed by atoms with Crippen LogP contribution < -0.4 is 5.32 Å². The molecule has 20 heavy (non-hydrogen) atoms. The van der Waals surface area contributed by atoms with Crippen LogP contribution in [0, 0.1) is 5.92 Å². The molecule has 3 atom stereocenters. The molecule has 1 amide bonds. The van der Waals surface area contributed by atoms with Crippen LogP contribution in [0.1, 0.15) is 20.8 Å². The number of methoxy groups -OCH3 is 1. The zero-order valence-corrected chi connectivity index (χ0v) is 12.0. The van der Waals surface area contributed by atoms with Crippen molar-refractivity contribution >= 4 is 11.9 Å². The van der Waals surface area contributed by atoms with Gasteiger partial charge in [-0.2, -0.15) is 10.2 Å². The second-order valence-electron chi connectivity index (χ2n) is 5.34. The Labute approximate surface area is 116 Å². The molecule has 2 rings (SSSR count). The molecule has 8 nitrogen and oxygen atoms in total. The summed E-state index contributed by atoms with van der Waals surface area (Å²) in [4.78, 5) is 23.5. The van der Waals surface area contributed by atoms with Crippen molar-refractivity contribution < 1.29 is 23.8 Å². The summed E-state index contributed by atoms with van der Waals surface area (Å²) in [5, 5.41) is 10.4. The van der Waals surface area contributed by atoms with E-state index in [1.54, 1.807) is 13.8 Å². The summed E-state index contributed by atoms with van der Waals surface area (Å²) < 4.78 is 16.0. The molecular weight excluding hydrogens is 266 g/mol. The molecule has 112 valence electrons. The lowest BCUT2D eigenvalue weighted by Gasteiger charge is -2.32. The number of ether oxygens (including phenoxy) is 3. The summed E-state index contributed by atoms with van der Waals surface area (Å²) >= 11 is 0. The van der Waals surface area contributed by atoms with Crippen molar-refractivity contribution in [1.82, 2.24) is 5.32 Å². The van der Waals surface area contributed by atoms with Gasteiger partial charge < -0.3 is 19.5 Å². The van der Waals surface area contributed by atoms with Crippen LogP contribution in [-0.4, -0.2) is 49.7 Å². The maximum atomic E-state index is 12.1. The zero-order valence-electron chi connectivity index (χ0n) is 12.0. The summed E-state index contributed by atoms with van der Waals surface area (Å²) in [6.07, 6.45) is -0.397. The molecule has 0 bridgehead atoms. The third kappa shape index (κ3) is 2.53. The number of rotatable bonds is 3. The number of hydrogen-bond donors (Lipinski definition) is 1. The van der Waals surface area contributed by atoms with Crippen molar-refractivity contribution in [1.29, 1.82) is 0 Å². The highest BCUT2D eigenvalue weighted by Gasteiger charge is 2.57. The van der Waals surface area contributed by atoms with Crippen molar-refractivity contribution in [2.45, 2.75) is 38.3 Å². The number of nitrogens with one attached hydrogen (secondary N) is 1. The van der Waals surface area contributed by atoms with E-state index in [2.05, 4.69) is 15.5 Å². The molecule has 2 heterocycles. The monoisotopic (exact) mass is 285 g/mol. The molecule has 0 aliphatic carbocycles. The molecule has 0 unspecified atom stereocenters. The molecule has 1 saturated heterocycles. The van der Waals surface area contributed by atoms with Crippen LogP contribution in [0.2, 0.25) is 0 Å². The van der Waals surface area contributed by atoms with Crippen molar-refractivity contribution in [2.75, 3.05) is 20.3 Å². The van der Waals surface area contributed by atoms with E-state index in [1.165, 1.54) is 14.0 Å². The van der Waals surface area contributed by atoms with Crippen LogP contribution in [0.4, 0.5) is 0 Å². The Kier molecular flexibility index (Phi) is 3.79. The lowest BCUT2D eigenvalue weighted by atomic mass is 9.88. The molecule has 2 aliphatic heterocycles. The Bertz CT molecular complexity index is 450. The van der Waals surface area contributed by atoms with E-state index >= 15 is 0 Å². The summed E-state index contributed by atoms with van der Waals surface area (Å²) in [6, 6.07) is 0. The lowest BCUT2D eigenvalue weighted by Crippen LogP contribution is -2.60. The minimum atomic E-state index is -1.53. The van der Waals surface area contributed by atoms with Crippen molar-refractivity contribution in [3.05, 3.63) is 0 Å². The first-order valence-electron chi connectivity index (χ1n) is 6.38. The minimum Gasteiger partial charge on any atom is -0.466 e. The Hall–Kier alpha value is -1.54. The highest BCUT2D eigenvalue weighted by molar-refractivity contribution is 5.87. The maximum Gasteiger partial charge on any atom is 0.357 e. The van der Waals surface area contributed by atoms with Gasteiger partial charge in [-0.1, -0.05) is 0 Å². The first kappa shape index (κ1) is 14.9. The fraction of sp³-hybridized carbons (Fsp3) is 0.833. The van der Waals surface area contributed by atoms with Gasteiger partial charge in [0.2, 0.25) is 5.91 Å². The van der Waals surface area contributed by atoms with Crippen LogP contribution in [0.25, 0.3) is 0 Å². The first-order chi connectivity index (χ1) is 9.31. The average molecular weight is 285 g/mol. The number of nitrogens with zero attached hydrogens (tertiary/aromatic N) is 2. The number of carbonyl (C=O) groups excluding carboxylic acids is 2. The maximum absolute atomic E-state index is 12.1. The standard InChI is InChI=1S/C12H19N3O5/c1-7(16)14-12(10(17)18-4)8(5-13-15-12)9-6-19-11(2,3)20-9/h8-9H,5-6H2,1-4H3,(H,14,16)/t8-,9+,12+/m1/s1. The summed E-state index contributed by atoms with van der Waals surface area (Å²) in [5.74, 6) is -2.24. The lowest BCUT2D eigenvalue weighted by molar-refractivity contribution is -0.162. The van der Waals surface area contributed by atoms with E-state index in [9.17, 15) is 9.59 Å². The zero-order chi connectivity index (χ0) is 15.0. The molecule has 0 aromatic rings. The van der Waals surface area contributed by atoms with Gasteiger partial charge in [0.1, 0.15) is 0 Å². The second-order valence-corrected chi connectivity index (χ2v) is 5.34. The average Bonchev–Trinajstić information content (AvgIpc) is 2.91. The van der Waals surface area contributed by atoms with Crippen LogP contribution in [0.15, 0.2) is 10.2 Å². The van der Waals surface area contributed by atoms with E-state index in [0.29, 0.717) is 6.61 Å². The van der Waals surface area contributed by atoms with Gasteiger partial charge in [-0.05, 0) is 13.8 Å². The predicted octanol–water partition coefficient (Wildman–Crippen LogP) is 0.225. The Morgan fingerprint density at radius 3 is 2.60 bits per heavy atom. The Morgan fingerprint density at radius 1 is 1.40 bits per heavy atom. The third-order valence-corrected chi connectivity index (χ3v) is 3.39. The number of carbonyl (C=O) groups is 2. The van der Waals surface area contributed by atoms with Crippen LogP contribution in [0.3, 0.4) is 0 Å². The van der Waals surface area contributed by atoms with Crippen LogP contribution in [0.5, 0.6) is 0 Å². The number of esters is 1. The van der Waals surface area contributed by atoms with Gasteiger partial charge in [0.25, 0.3) is 5.66 Å². The molecule has 0 aromatic carbocycles. The molecule has 0 radical (unpaired) electrons. The molecule has 0 aromatic heterocycles. The minimum absolute atomic E-state index is 0.263. The number of azo groups is 1. The van der Waals surface area contributed by atoms with Gasteiger partial charge in [-0.25, -0.2) is 4.79 Å². The van der Waals surface area contributed by atoms with Crippen molar-refractivity contribution in [3.8, 4) is 0 Å². The normalized spacial score (nSPS) is 35.0. The smallest absolute Gasteiger partial charge is 0.357 e. The molecule has 0 saturated carbocycles. The van der Waals surface area contributed by atoms with Gasteiger partial charge in [0, 0.05) is 6.92 Å². The van der Waals surface area contributed by atoms with Gasteiger partial charge in [-0.3, -0.25) is 4.79 Å². The van der Waals surface area contributed by atoms with Crippen molar-refractivity contribution in [3.63, 3.8) is 0 Å². The quantitative estimate of drug-likeness (QED) is 0.748. The van der Waals surface area contributed by atoms with E-state index in [0.717, 1.165) is 0 Å². The summed E-state index contributed by atoms with van der Waals surface area (Å²) in [5.41, 5.74) is -1.53. The fourth-order valence-corrected chi connectivity index (χ4v) is 2.53. The van der Waals surface area contributed by atoms with Gasteiger partial charge >= 0.3 is 5.97 Å². The molecule has 0 spiro atoms. The molecule has 2 aliphatic rings. The number of amides is 1. The molecule has 1 N–H and O–H groups in total. The highest BCUT2D eigenvalue weighted by atomic mass is 16.7. The first-order valence-corrected chi connectivity index (χ1v) is 6.38. The molecule has 1 fully saturated rings. The van der Waals surface area contributed by atoms with Gasteiger partial charge in [0.05, 0.1) is 32.3 Å². The topological polar surface area (TPSA) is 98.6 Å². The van der Waals surface area contributed by atoms with Gasteiger partial charge in [0.15, 0.2) is 5.79 Å². The van der Waals surface area contributed by atoms with Crippen LogP contribution in [-0.2, 0) is 23.8 Å². The second kappa shape index (κ2) is 5.10. The van der Waals surface area contributed by atoms with E-state index in [4.69, 9.17) is 14.2 Å². The summed E-state index contributed by atoms with van der Waals surface area (Å²) in [6.45, 7) is 5.45.